The van der Waals surface area contributed by atoms with E-state index in [9.17, 15) is 9.90 Å². The molecule has 13 nitrogen and oxygen atoms in total. The highest BCUT2D eigenvalue weighted by molar-refractivity contribution is 7.99. The Balaban J connectivity index is 1.11. The Kier molecular flexibility index (Phi) is 9.81. The zero-order valence-corrected chi connectivity index (χ0v) is 28.2. The van der Waals surface area contributed by atoms with E-state index < -0.39 is 11.7 Å². The topological polar surface area (TPSA) is 141 Å². The van der Waals surface area contributed by atoms with Gasteiger partial charge in [0.1, 0.15) is 29.7 Å². The normalized spacial score (nSPS) is 25.3. The molecule has 0 radical (unpaired) electrons. The largest absolute Gasteiger partial charge is 0.486 e. The Morgan fingerprint density at radius 3 is 2.78 bits per heavy atom. The molecule has 0 aliphatic carbocycles. The van der Waals surface area contributed by atoms with E-state index in [0.29, 0.717) is 62.2 Å². The third-order valence-electron chi connectivity index (χ3n) is 9.26. The molecule has 2 aromatic heterocycles. The number of aliphatic hydroxyl groups is 1. The van der Waals surface area contributed by atoms with Gasteiger partial charge in [-0.3, -0.25) is 0 Å². The van der Waals surface area contributed by atoms with Gasteiger partial charge in [0.05, 0.1) is 49.1 Å². The first-order valence-electron chi connectivity index (χ1n) is 16.0. The molecule has 6 rings (SSSR count). The van der Waals surface area contributed by atoms with Gasteiger partial charge in [-0.25, -0.2) is 19.7 Å². The van der Waals surface area contributed by atoms with Crippen LogP contribution in [0.4, 0.5) is 16.4 Å². The van der Waals surface area contributed by atoms with Crippen LogP contribution >= 0.6 is 11.8 Å². The summed E-state index contributed by atoms with van der Waals surface area (Å²) in [4.78, 5) is 32.3. The molecular weight excluding hydrogens is 612 g/mol. The first-order valence-corrected chi connectivity index (χ1v) is 16.9. The van der Waals surface area contributed by atoms with Crippen molar-refractivity contribution in [1.82, 2.24) is 20.3 Å². The van der Waals surface area contributed by atoms with Crippen molar-refractivity contribution < 1.29 is 33.6 Å². The second-order valence-electron chi connectivity index (χ2n) is 13.7. The minimum Gasteiger partial charge on any atom is -0.486 e. The Bertz CT molecular complexity index is 1390. The quantitative estimate of drug-likeness (QED) is 0.300. The van der Waals surface area contributed by atoms with Crippen LogP contribution in [0.2, 0.25) is 0 Å². The smallest absolute Gasteiger partial charge is 0.407 e. The standard InChI is InChI=1S/C32H46N6O7S/c1-20-27(36-30(40)45-31(2,3)4)32(18-44-20)7-10-37(11-8-32)28-23(15-39)35-25(13-34-28)46-24-6-9-33-29-26(24)43-17-22-12-21(14-38(22)29)16-42-19-41-5/h6,9,13,20-22,27,39H,7-8,10-12,14-19H2,1-5H3,(H,36,40)/t20-,21?,22-,27+/m0/s1. The lowest BCUT2D eigenvalue weighted by Gasteiger charge is -2.43. The lowest BCUT2D eigenvalue weighted by Crippen LogP contribution is -2.55. The number of nitrogens with one attached hydrogen (secondary N) is 1. The van der Waals surface area contributed by atoms with Gasteiger partial charge in [0.2, 0.25) is 0 Å². The molecule has 1 amide bonds. The van der Waals surface area contributed by atoms with Crippen LogP contribution in [0.5, 0.6) is 5.75 Å². The number of nitrogens with zero attached hydrogens (tertiary/aromatic N) is 5. The summed E-state index contributed by atoms with van der Waals surface area (Å²) in [5.74, 6) is 2.66. The second kappa shape index (κ2) is 13.7. The average molecular weight is 659 g/mol. The number of alkyl carbamates (subject to hydrolysis) is 1. The average Bonchev–Trinajstić information content (AvgIpc) is 3.58. The van der Waals surface area contributed by atoms with E-state index in [2.05, 4.69) is 20.1 Å². The zero-order chi connectivity index (χ0) is 32.5. The lowest BCUT2D eigenvalue weighted by molar-refractivity contribution is -0.0414. The second-order valence-corrected chi connectivity index (χ2v) is 14.7. The maximum atomic E-state index is 12.6. The molecule has 4 aliphatic heterocycles. The number of methoxy groups -OCH3 is 1. The molecule has 0 bridgehead atoms. The molecule has 252 valence electrons. The van der Waals surface area contributed by atoms with Crippen LogP contribution in [-0.4, -0.2) is 103 Å². The molecule has 4 aliphatic rings. The number of rotatable bonds is 9. The van der Waals surface area contributed by atoms with Crippen molar-refractivity contribution in [1.29, 1.82) is 0 Å². The number of hydrogen-bond acceptors (Lipinski definition) is 13. The molecule has 0 saturated carbocycles. The number of fused-ring (bicyclic) bond motifs is 3. The predicted octanol–water partition coefficient (Wildman–Crippen LogP) is 3.62. The maximum absolute atomic E-state index is 12.6. The van der Waals surface area contributed by atoms with E-state index in [0.717, 1.165) is 42.3 Å². The van der Waals surface area contributed by atoms with Crippen LogP contribution in [-0.2, 0) is 25.6 Å². The number of carbonyl (C=O) groups excluding carboxylic acids is 1. The first kappa shape index (κ1) is 33.0. The highest BCUT2D eigenvalue weighted by Crippen LogP contribution is 2.46. The molecule has 0 aromatic carbocycles. The Morgan fingerprint density at radius 2 is 2.04 bits per heavy atom. The molecule has 3 fully saturated rings. The highest BCUT2D eigenvalue weighted by Gasteiger charge is 2.51. The summed E-state index contributed by atoms with van der Waals surface area (Å²) in [6, 6.07) is 2.05. The van der Waals surface area contributed by atoms with Crippen molar-refractivity contribution in [3.05, 3.63) is 24.2 Å². The molecular formula is C32H46N6O7S. The molecule has 4 atom stereocenters. The lowest BCUT2D eigenvalue weighted by atomic mass is 9.73. The van der Waals surface area contributed by atoms with Crippen LogP contribution in [0.1, 0.15) is 52.7 Å². The van der Waals surface area contributed by atoms with Crippen LogP contribution in [0, 0.1) is 11.3 Å². The minimum absolute atomic E-state index is 0.112. The summed E-state index contributed by atoms with van der Waals surface area (Å²) in [6.45, 7) is 11.7. The van der Waals surface area contributed by atoms with Crippen molar-refractivity contribution in [2.24, 2.45) is 11.3 Å². The Labute approximate surface area is 274 Å². The summed E-state index contributed by atoms with van der Waals surface area (Å²) in [6.07, 6.45) is 5.62. The van der Waals surface area contributed by atoms with Crippen LogP contribution < -0.4 is 19.9 Å². The molecule has 14 heteroatoms. The number of aromatic nitrogens is 3. The molecule has 6 heterocycles. The number of hydrogen-bond donors (Lipinski definition) is 2. The van der Waals surface area contributed by atoms with Crippen LogP contribution in [0.25, 0.3) is 0 Å². The molecule has 1 unspecified atom stereocenters. The van der Waals surface area contributed by atoms with E-state index in [1.54, 1.807) is 19.5 Å². The van der Waals surface area contributed by atoms with Gasteiger partial charge in [0, 0.05) is 44.3 Å². The molecule has 3 saturated heterocycles. The maximum Gasteiger partial charge on any atom is 0.407 e. The van der Waals surface area contributed by atoms with Gasteiger partial charge in [-0.2, -0.15) is 0 Å². The van der Waals surface area contributed by atoms with E-state index in [1.165, 1.54) is 11.8 Å². The number of anilines is 2. The molecule has 1 spiro atoms. The number of ether oxygens (including phenoxy) is 5. The zero-order valence-electron chi connectivity index (χ0n) is 27.4. The van der Waals surface area contributed by atoms with Gasteiger partial charge >= 0.3 is 6.09 Å². The summed E-state index contributed by atoms with van der Waals surface area (Å²) < 4.78 is 28.5. The van der Waals surface area contributed by atoms with Gasteiger partial charge in [-0.05, 0) is 53.0 Å². The fourth-order valence-corrected chi connectivity index (χ4v) is 7.97. The minimum atomic E-state index is -0.572. The fourth-order valence-electron chi connectivity index (χ4n) is 7.11. The molecule has 2 N–H and O–H groups in total. The number of aliphatic hydroxyl groups excluding tert-OH is 1. The highest BCUT2D eigenvalue weighted by atomic mass is 32.2. The van der Waals surface area contributed by atoms with Gasteiger partial charge in [-0.1, -0.05) is 11.8 Å². The van der Waals surface area contributed by atoms with Gasteiger partial charge < -0.3 is 43.9 Å². The fraction of sp³-hybridized carbons (Fsp3) is 0.688. The van der Waals surface area contributed by atoms with Crippen molar-refractivity contribution in [3.8, 4) is 5.75 Å². The van der Waals surface area contributed by atoms with Crippen molar-refractivity contribution in [2.75, 3.05) is 63.2 Å². The van der Waals surface area contributed by atoms with Crippen molar-refractivity contribution in [2.45, 2.75) is 87.3 Å². The Morgan fingerprint density at radius 1 is 1.24 bits per heavy atom. The van der Waals surface area contributed by atoms with E-state index in [-0.39, 0.29) is 30.2 Å². The number of piperidine rings is 1. The third kappa shape index (κ3) is 7.01. The number of amides is 1. The SMILES string of the molecule is COCOCC1C[C@H]2COc3c(Sc4cnc(N5CCC6(CC5)CO[C@@H](C)[C@H]6NC(=O)OC(C)(C)C)c(CO)n4)ccnc3N2C1. The summed E-state index contributed by atoms with van der Waals surface area (Å²) >= 11 is 1.46. The van der Waals surface area contributed by atoms with Crippen LogP contribution in [0.3, 0.4) is 0 Å². The van der Waals surface area contributed by atoms with Gasteiger partial charge in [0.15, 0.2) is 17.4 Å². The van der Waals surface area contributed by atoms with Crippen molar-refractivity contribution >= 4 is 29.5 Å². The first-order chi connectivity index (χ1) is 22.1. The Hall–Kier alpha value is -2.91. The van der Waals surface area contributed by atoms with Crippen LogP contribution in [0.15, 0.2) is 28.4 Å². The molecule has 46 heavy (non-hydrogen) atoms. The monoisotopic (exact) mass is 658 g/mol. The van der Waals surface area contributed by atoms with Crippen molar-refractivity contribution in [3.63, 3.8) is 0 Å². The van der Waals surface area contributed by atoms with E-state index in [4.69, 9.17) is 33.7 Å². The summed E-state index contributed by atoms with van der Waals surface area (Å²) in [5.41, 5.74) is -0.235. The van der Waals surface area contributed by atoms with E-state index in [1.807, 2.05) is 33.8 Å². The predicted molar refractivity (Wildman–Crippen MR) is 171 cm³/mol. The number of carbonyl (C=O) groups is 1. The summed E-state index contributed by atoms with van der Waals surface area (Å²) in [7, 11) is 1.63. The van der Waals surface area contributed by atoms with Gasteiger partial charge in [-0.15, -0.1) is 0 Å². The third-order valence-corrected chi connectivity index (χ3v) is 10.2. The summed E-state index contributed by atoms with van der Waals surface area (Å²) in [5, 5.41) is 14.1. The van der Waals surface area contributed by atoms with E-state index >= 15 is 0 Å². The van der Waals surface area contributed by atoms with Gasteiger partial charge in [0.25, 0.3) is 0 Å². The molecule has 2 aromatic rings. The number of pyridine rings is 1.